The van der Waals surface area contributed by atoms with Gasteiger partial charge in [-0.05, 0) is 52.9 Å². The van der Waals surface area contributed by atoms with Crippen LogP contribution in [-0.2, 0) is 0 Å². The lowest BCUT2D eigenvalue weighted by Crippen LogP contribution is -2.13. The molecule has 0 aliphatic carbocycles. The number of aromatic nitrogens is 6. The summed E-state index contributed by atoms with van der Waals surface area (Å²) in [6.07, 6.45) is 4.63. The number of hydrogen-bond acceptors (Lipinski definition) is 5. The van der Waals surface area contributed by atoms with E-state index in [9.17, 15) is 9.18 Å². The number of rotatable bonds is 4. The molecule has 1 amide bonds. The van der Waals surface area contributed by atoms with Crippen LogP contribution in [0.25, 0.3) is 11.4 Å². The van der Waals surface area contributed by atoms with Crippen molar-refractivity contribution in [1.82, 2.24) is 30.0 Å². The molecule has 4 aromatic rings. The van der Waals surface area contributed by atoms with Gasteiger partial charge in [0.25, 0.3) is 5.91 Å². The second kappa shape index (κ2) is 6.55. The van der Waals surface area contributed by atoms with Crippen LogP contribution in [0.3, 0.4) is 0 Å². The van der Waals surface area contributed by atoms with Crippen molar-refractivity contribution in [3.8, 4) is 11.4 Å². The molecular weight excluding hydrogens is 337 g/mol. The summed E-state index contributed by atoms with van der Waals surface area (Å²) in [4.78, 5) is 12.4. The fourth-order valence-corrected chi connectivity index (χ4v) is 2.45. The van der Waals surface area contributed by atoms with Gasteiger partial charge in [-0.1, -0.05) is 6.07 Å². The van der Waals surface area contributed by atoms with Crippen LogP contribution in [0.1, 0.15) is 10.4 Å². The predicted molar refractivity (Wildman–Crippen MR) is 90.6 cm³/mol. The molecule has 9 heteroatoms. The molecule has 0 radical (unpaired) electrons. The van der Waals surface area contributed by atoms with Crippen LogP contribution in [0.5, 0.6) is 0 Å². The zero-order valence-corrected chi connectivity index (χ0v) is 13.3. The Bertz CT molecular complexity index is 1040. The Morgan fingerprint density at radius 2 is 2.00 bits per heavy atom. The Labute approximate surface area is 146 Å². The summed E-state index contributed by atoms with van der Waals surface area (Å²) in [5.41, 5.74) is 1.68. The number of amides is 1. The van der Waals surface area contributed by atoms with Crippen molar-refractivity contribution in [2.24, 2.45) is 0 Å². The molecule has 0 spiro atoms. The van der Waals surface area contributed by atoms with Crippen LogP contribution >= 0.6 is 0 Å². The number of carbonyl (C=O) groups is 1. The summed E-state index contributed by atoms with van der Waals surface area (Å²) in [5.74, 6) is -0.861. The SMILES string of the molecule is O=C(Nc1ccc(-n2cccn2)c(F)c1)c1cccc(-n2cnnn2)c1. The first-order valence-corrected chi connectivity index (χ1v) is 7.65. The Morgan fingerprint density at radius 3 is 2.73 bits per heavy atom. The van der Waals surface area contributed by atoms with E-state index in [4.69, 9.17) is 0 Å². The lowest BCUT2D eigenvalue weighted by molar-refractivity contribution is 0.102. The number of halogens is 1. The van der Waals surface area contributed by atoms with Gasteiger partial charge >= 0.3 is 0 Å². The largest absolute Gasteiger partial charge is 0.322 e. The molecule has 1 N–H and O–H groups in total. The van der Waals surface area contributed by atoms with Gasteiger partial charge in [-0.15, -0.1) is 5.10 Å². The first-order valence-electron chi connectivity index (χ1n) is 7.65. The van der Waals surface area contributed by atoms with Crippen molar-refractivity contribution in [3.05, 3.63) is 78.6 Å². The average Bonchev–Trinajstić information content (AvgIpc) is 3.36. The lowest BCUT2D eigenvalue weighted by Gasteiger charge is -2.09. The number of hydrogen-bond donors (Lipinski definition) is 1. The summed E-state index contributed by atoms with van der Waals surface area (Å²) in [7, 11) is 0. The van der Waals surface area contributed by atoms with Gasteiger partial charge in [0.2, 0.25) is 0 Å². The van der Waals surface area contributed by atoms with E-state index in [1.807, 2.05) is 0 Å². The normalized spacial score (nSPS) is 10.7. The van der Waals surface area contributed by atoms with Gasteiger partial charge in [-0.2, -0.15) is 5.10 Å². The van der Waals surface area contributed by atoms with Crippen LogP contribution in [0.15, 0.2) is 67.3 Å². The first kappa shape index (κ1) is 15.6. The monoisotopic (exact) mass is 349 g/mol. The Hall–Kier alpha value is -3.88. The van der Waals surface area contributed by atoms with Crippen LogP contribution in [0.4, 0.5) is 10.1 Å². The van der Waals surface area contributed by atoms with E-state index in [1.54, 1.807) is 54.9 Å². The van der Waals surface area contributed by atoms with Crippen molar-refractivity contribution in [2.45, 2.75) is 0 Å². The quantitative estimate of drug-likeness (QED) is 0.610. The van der Waals surface area contributed by atoms with Gasteiger partial charge in [0.1, 0.15) is 12.0 Å². The Kier molecular flexibility index (Phi) is 3.94. The molecule has 0 bridgehead atoms. The van der Waals surface area contributed by atoms with Gasteiger partial charge in [0, 0.05) is 23.6 Å². The second-order valence-electron chi connectivity index (χ2n) is 5.38. The van der Waals surface area contributed by atoms with Gasteiger partial charge in [-0.3, -0.25) is 4.79 Å². The van der Waals surface area contributed by atoms with Gasteiger partial charge in [0.05, 0.1) is 5.69 Å². The molecule has 0 saturated carbocycles. The summed E-state index contributed by atoms with van der Waals surface area (Å²) in [6.45, 7) is 0. The summed E-state index contributed by atoms with van der Waals surface area (Å²) >= 11 is 0. The third kappa shape index (κ3) is 3.05. The second-order valence-corrected chi connectivity index (χ2v) is 5.38. The number of carbonyl (C=O) groups excluding carboxylic acids is 1. The summed E-state index contributed by atoms with van der Waals surface area (Å²) < 4.78 is 17.1. The minimum absolute atomic E-state index is 0.300. The molecular formula is C17H12FN7O. The number of nitrogens with one attached hydrogen (secondary N) is 1. The van der Waals surface area contributed by atoms with E-state index in [2.05, 4.69) is 25.9 Å². The topological polar surface area (TPSA) is 90.5 Å². The van der Waals surface area contributed by atoms with Crippen molar-refractivity contribution in [3.63, 3.8) is 0 Å². The van der Waals surface area contributed by atoms with Crippen LogP contribution < -0.4 is 5.32 Å². The highest BCUT2D eigenvalue weighted by Gasteiger charge is 2.11. The van der Waals surface area contributed by atoms with E-state index in [0.717, 1.165) is 0 Å². The smallest absolute Gasteiger partial charge is 0.255 e. The summed E-state index contributed by atoms with van der Waals surface area (Å²) in [6, 6.07) is 12.9. The maximum Gasteiger partial charge on any atom is 0.255 e. The third-order valence-corrected chi connectivity index (χ3v) is 3.68. The van der Waals surface area contributed by atoms with E-state index in [0.29, 0.717) is 22.6 Å². The van der Waals surface area contributed by atoms with E-state index in [-0.39, 0.29) is 5.91 Å². The first-order chi connectivity index (χ1) is 12.7. The minimum atomic E-state index is -0.492. The van der Waals surface area contributed by atoms with Crippen molar-refractivity contribution < 1.29 is 9.18 Å². The summed E-state index contributed by atoms with van der Waals surface area (Å²) in [5, 5.41) is 17.6. The predicted octanol–water partition coefficient (Wildman–Crippen LogP) is 2.24. The fourth-order valence-electron chi connectivity index (χ4n) is 2.45. The average molecular weight is 349 g/mol. The number of tetrazole rings is 1. The molecule has 4 rings (SSSR count). The van der Waals surface area contributed by atoms with Gasteiger partial charge in [0.15, 0.2) is 5.82 Å². The molecule has 0 unspecified atom stereocenters. The molecule has 26 heavy (non-hydrogen) atoms. The van der Waals surface area contributed by atoms with Gasteiger partial charge in [-0.25, -0.2) is 13.8 Å². The third-order valence-electron chi connectivity index (χ3n) is 3.68. The number of benzene rings is 2. The zero-order valence-electron chi connectivity index (χ0n) is 13.3. The van der Waals surface area contributed by atoms with Crippen LogP contribution in [0, 0.1) is 5.82 Å². The van der Waals surface area contributed by atoms with Crippen LogP contribution in [0.2, 0.25) is 0 Å². The fraction of sp³-hybridized carbons (Fsp3) is 0. The molecule has 2 heterocycles. The molecule has 0 aliphatic heterocycles. The highest BCUT2D eigenvalue weighted by molar-refractivity contribution is 6.04. The molecule has 0 atom stereocenters. The highest BCUT2D eigenvalue weighted by Crippen LogP contribution is 2.19. The standard InChI is InChI=1S/C17H12FN7O/c18-15-10-13(5-6-16(15)24-8-2-7-20-24)21-17(26)12-3-1-4-14(9-12)25-11-19-22-23-25/h1-11H,(H,21,26). The molecule has 2 aromatic carbocycles. The molecule has 0 aliphatic rings. The molecule has 8 nitrogen and oxygen atoms in total. The highest BCUT2D eigenvalue weighted by atomic mass is 19.1. The number of nitrogens with zero attached hydrogens (tertiary/aromatic N) is 6. The maximum atomic E-state index is 14.3. The molecule has 0 fully saturated rings. The van der Waals surface area contributed by atoms with Crippen LogP contribution in [-0.4, -0.2) is 35.9 Å². The van der Waals surface area contributed by atoms with Crippen molar-refractivity contribution in [1.29, 1.82) is 0 Å². The van der Waals surface area contributed by atoms with E-state index < -0.39 is 5.82 Å². The minimum Gasteiger partial charge on any atom is -0.322 e. The Morgan fingerprint density at radius 1 is 1.08 bits per heavy atom. The molecule has 0 saturated heterocycles. The molecule has 2 aromatic heterocycles. The Balaban J connectivity index is 1.55. The van der Waals surface area contributed by atoms with Crippen molar-refractivity contribution in [2.75, 3.05) is 5.32 Å². The van der Waals surface area contributed by atoms with Gasteiger partial charge < -0.3 is 5.32 Å². The molecule has 128 valence electrons. The number of anilines is 1. The zero-order chi connectivity index (χ0) is 17.9. The van der Waals surface area contributed by atoms with E-state index >= 15 is 0 Å². The maximum absolute atomic E-state index is 14.3. The van der Waals surface area contributed by atoms with Crippen molar-refractivity contribution >= 4 is 11.6 Å². The lowest BCUT2D eigenvalue weighted by atomic mass is 10.2. The van der Waals surface area contributed by atoms with E-state index in [1.165, 1.54) is 21.8 Å².